The first-order chi connectivity index (χ1) is 4.56. The summed E-state index contributed by atoms with van der Waals surface area (Å²) in [4.78, 5) is 11.0. The zero-order valence-corrected chi connectivity index (χ0v) is 7.50. The predicted molar refractivity (Wildman–Crippen MR) is 43.8 cm³/mol. The highest BCUT2D eigenvalue weighted by Crippen LogP contribution is 2.21. The van der Waals surface area contributed by atoms with Gasteiger partial charge in [-0.3, -0.25) is 4.79 Å². The van der Waals surface area contributed by atoms with Crippen molar-refractivity contribution in [2.24, 2.45) is 5.92 Å². The van der Waals surface area contributed by atoms with Crippen molar-refractivity contribution < 1.29 is 9.18 Å². The molecule has 0 saturated carbocycles. The normalized spacial score (nSPS) is 20.4. The fourth-order valence-electron chi connectivity index (χ4n) is 1.04. The summed E-state index contributed by atoms with van der Waals surface area (Å²) in [7, 11) is 0. The number of ketones is 1. The summed E-state index contributed by atoms with van der Waals surface area (Å²) < 4.78 is 13.1. The summed E-state index contributed by atoms with van der Waals surface area (Å²) in [6, 6.07) is 0. The van der Waals surface area contributed by atoms with E-state index in [1.54, 1.807) is 13.8 Å². The third-order valence-electron chi connectivity index (χ3n) is 1.78. The van der Waals surface area contributed by atoms with E-state index in [0.717, 1.165) is 0 Å². The summed E-state index contributed by atoms with van der Waals surface area (Å²) in [5.74, 6) is -0.460. The van der Waals surface area contributed by atoms with Crippen LogP contribution in [0.1, 0.15) is 13.8 Å². The predicted octanol–water partition coefficient (Wildman–Crippen LogP) is 0.945. The Bertz CT molecular complexity index is 157. The van der Waals surface area contributed by atoms with Gasteiger partial charge >= 0.3 is 0 Å². The number of hydrogen-bond acceptors (Lipinski definition) is 2. The molecule has 0 spiro atoms. The first-order valence-electron chi connectivity index (χ1n) is 3.50. The molecule has 1 aliphatic rings. The van der Waals surface area contributed by atoms with Gasteiger partial charge in [-0.05, 0) is 0 Å². The molecule has 1 rings (SSSR count). The first-order valence-corrected chi connectivity index (χ1v) is 3.50. The number of rotatable bonds is 2. The second-order valence-electron chi connectivity index (χ2n) is 3.09. The fourth-order valence-corrected chi connectivity index (χ4v) is 1.04. The molecular formula is C7H13ClFNO. The number of alkyl halides is 1. The second kappa shape index (κ2) is 3.50. The minimum atomic E-state index is -1.55. The lowest BCUT2D eigenvalue weighted by molar-refractivity contribution is -0.136. The maximum atomic E-state index is 13.1. The largest absolute Gasteiger partial charge is 0.309 e. The third-order valence-corrected chi connectivity index (χ3v) is 1.78. The molecular weight excluding hydrogens is 169 g/mol. The van der Waals surface area contributed by atoms with Crippen LogP contribution < -0.4 is 5.32 Å². The molecule has 2 nitrogen and oxygen atoms in total. The van der Waals surface area contributed by atoms with Crippen molar-refractivity contribution in [1.82, 2.24) is 5.32 Å². The van der Waals surface area contributed by atoms with Crippen LogP contribution in [0, 0.1) is 5.92 Å². The van der Waals surface area contributed by atoms with E-state index in [1.807, 2.05) is 0 Å². The molecule has 0 aromatic heterocycles. The van der Waals surface area contributed by atoms with Crippen LogP contribution in [-0.4, -0.2) is 24.5 Å². The lowest BCUT2D eigenvalue weighted by Crippen LogP contribution is -2.62. The van der Waals surface area contributed by atoms with Crippen LogP contribution in [0.25, 0.3) is 0 Å². The molecule has 1 fully saturated rings. The Balaban J connectivity index is 0.000001000. The van der Waals surface area contributed by atoms with Crippen molar-refractivity contribution in [1.29, 1.82) is 0 Å². The fraction of sp³-hybridized carbons (Fsp3) is 0.857. The molecule has 11 heavy (non-hydrogen) atoms. The van der Waals surface area contributed by atoms with Crippen LogP contribution in [-0.2, 0) is 4.79 Å². The highest BCUT2D eigenvalue weighted by Gasteiger charge is 2.45. The van der Waals surface area contributed by atoms with Gasteiger partial charge < -0.3 is 5.32 Å². The number of hydrogen-bond donors (Lipinski definition) is 1. The summed E-state index contributed by atoms with van der Waals surface area (Å²) in [5, 5.41) is 2.74. The third kappa shape index (κ3) is 1.91. The molecule has 0 radical (unpaired) electrons. The Morgan fingerprint density at radius 2 is 2.00 bits per heavy atom. The van der Waals surface area contributed by atoms with Crippen molar-refractivity contribution in [3.05, 3.63) is 0 Å². The average molecular weight is 182 g/mol. The lowest BCUT2D eigenvalue weighted by atomic mass is 9.88. The van der Waals surface area contributed by atoms with Gasteiger partial charge in [-0.2, -0.15) is 0 Å². The molecule has 1 saturated heterocycles. The minimum Gasteiger partial charge on any atom is -0.309 e. The maximum absolute atomic E-state index is 13.1. The zero-order chi connectivity index (χ0) is 7.78. The van der Waals surface area contributed by atoms with E-state index >= 15 is 0 Å². The van der Waals surface area contributed by atoms with Gasteiger partial charge in [-0.15, -0.1) is 12.4 Å². The molecule has 0 atom stereocenters. The van der Waals surface area contributed by atoms with E-state index < -0.39 is 5.67 Å². The molecule has 1 N–H and O–H groups in total. The summed E-state index contributed by atoms with van der Waals surface area (Å²) >= 11 is 0. The van der Waals surface area contributed by atoms with Crippen molar-refractivity contribution in [2.75, 3.05) is 13.1 Å². The van der Waals surface area contributed by atoms with Crippen LogP contribution in [0.15, 0.2) is 0 Å². The summed E-state index contributed by atoms with van der Waals surface area (Å²) in [6.07, 6.45) is 0. The van der Waals surface area contributed by atoms with E-state index in [1.165, 1.54) is 0 Å². The lowest BCUT2D eigenvalue weighted by Gasteiger charge is -2.34. The van der Waals surface area contributed by atoms with Gasteiger partial charge in [0.2, 0.25) is 0 Å². The second-order valence-corrected chi connectivity index (χ2v) is 3.09. The van der Waals surface area contributed by atoms with Gasteiger partial charge in [0.1, 0.15) is 0 Å². The van der Waals surface area contributed by atoms with E-state index in [9.17, 15) is 9.18 Å². The summed E-state index contributed by atoms with van der Waals surface area (Å²) in [5.41, 5.74) is -1.55. The number of nitrogens with one attached hydrogen (secondary N) is 1. The number of carbonyl (C=O) groups is 1. The van der Waals surface area contributed by atoms with Gasteiger partial charge in [0.25, 0.3) is 0 Å². The average Bonchev–Trinajstić information content (AvgIpc) is 1.81. The Kier molecular flexibility index (Phi) is 3.45. The van der Waals surface area contributed by atoms with E-state index in [-0.39, 0.29) is 37.2 Å². The minimum absolute atomic E-state index is 0. The maximum Gasteiger partial charge on any atom is 0.193 e. The molecule has 4 heteroatoms. The molecule has 1 heterocycles. The van der Waals surface area contributed by atoms with Gasteiger partial charge in [-0.1, -0.05) is 13.8 Å². The molecule has 66 valence electrons. The van der Waals surface area contributed by atoms with Crippen molar-refractivity contribution in [3.63, 3.8) is 0 Å². The van der Waals surface area contributed by atoms with Gasteiger partial charge in [0, 0.05) is 19.0 Å². The molecule has 0 unspecified atom stereocenters. The number of Topliss-reactive ketones (excluding diaryl/α,β-unsaturated/α-hetero) is 1. The van der Waals surface area contributed by atoms with E-state index in [0.29, 0.717) is 0 Å². The van der Waals surface area contributed by atoms with E-state index in [2.05, 4.69) is 5.32 Å². The van der Waals surface area contributed by atoms with Gasteiger partial charge in [0.15, 0.2) is 11.5 Å². The molecule has 0 amide bonds. The van der Waals surface area contributed by atoms with Crippen LogP contribution in [0.3, 0.4) is 0 Å². The van der Waals surface area contributed by atoms with Crippen molar-refractivity contribution in [2.45, 2.75) is 19.5 Å². The highest BCUT2D eigenvalue weighted by molar-refractivity contribution is 5.90. The Labute approximate surface area is 72.0 Å². The standard InChI is InChI=1S/C7H12FNO.ClH/c1-5(2)6(10)7(8)3-9-4-7;/h5,9H,3-4H2,1-2H3;1H. The molecule has 0 bridgehead atoms. The zero-order valence-electron chi connectivity index (χ0n) is 6.69. The molecule has 1 aliphatic heterocycles. The monoisotopic (exact) mass is 181 g/mol. The SMILES string of the molecule is CC(C)C(=O)C1(F)CNC1.Cl. The highest BCUT2D eigenvalue weighted by atomic mass is 35.5. The van der Waals surface area contributed by atoms with Crippen LogP contribution >= 0.6 is 12.4 Å². The Hall–Kier alpha value is -0.150. The van der Waals surface area contributed by atoms with Crippen LogP contribution in [0.5, 0.6) is 0 Å². The Morgan fingerprint density at radius 3 is 2.09 bits per heavy atom. The van der Waals surface area contributed by atoms with Gasteiger partial charge in [0.05, 0.1) is 0 Å². The summed E-state index contributed by atoms with van der Waals surface area (Å²) in [6.45, 7) is 3.85. The van der Waals surface area contributed by atoms with Crippen molar-refractivity contribution in [3.8, 4) is 0 Å². The van der Waals surface area contributed by atoms with Crippen molar-refractivity contribution >= 4 is 18.2 Å². The first kappa shape index (κ1) is 10.8. The Morgan fingerprint density at radius 1 is 1.55 bits per heavy atom. The topological polar surface area (TPSA) is 29.1 Å². The smallest absolute Gasteiger partial charge is 0.193 e. The van der Waals surface area contributed by atoms with Gasteiger partial charge in [-0.25, -0.2) is 4.39 Å². The number of carbonyl (C=O) groups excluding carboxylic acids is 1. The van der Waals surface area contributed by atoms with E-state index in [4.69, 9.17) is 0 Å². The number of halogens is 2. The quantitative estimate of drug-likeness (QED) is 0.687. The van der Waals surface area contributed by atoms with Crippen LogP contribution in [0.2, 0.25) is 0 Å². The molecule has 0 aromatic rings. The molecule has 0 aromatic carbocycles. The molecule has 0 aliphatic carbocycles. The van der Waals surface area contributed by atoms with Crippen LogP contribution in [0.4, 0.5) is 4.39 Å².